The highest BCUT2D eigenvalue weighted by Gasteiger charge is 2.61. The molecule has 244 valence electrons. The van der Waals surface area contributed by atoms with Crippen LogP contribution in [0.1, 0.15) is 75.6 Å². The lowest BCUT2D eigenvalue weighted by Gasteiger charge is -2.50. The maximum Gasteiger partial charge on any atom is 0.330 e. The number of aryl methyl sites for hydroxylation is 1. The second-order valence-electron chi connectivity index (χ2n) is 13.6. The molecule has 2 aliphatic carbocycles. The van der Waals surface area contributed by atoms with E-state index in [1.165, 1.54) is 0 Å². The minimum absolute atomic E-state index is 0.122. The molecular weight excluding hydrogens is 580 g/mol. The van der Waals surface area contributed by atoms with E-state index in [9.17, 15) is 4.79 Å². The first-order valence-electron chi connectivity index (χ1n) is 16.6. The normalized spacial score (nSPS) is 30.5. The van der Waals surface area contributed by atoms with E-state index in [0.29, 0.717) is 55.1 Å². The van der Waals surface area contributed by atoms with Crippen molar-refractivity contribution in [3.8, 4) is 17.5 Å². The average Bonchev–Trinajstić information content (AvgIpc) is 3.87. The number of methoxy groups -OCH3 is 1. The highest BCUT2D eigenvalue weighted by atomic mass is 16.7. The molecule has 3 aromatic heterocycles. The van der Waals surface area contributed by atoms with Crippen molar-refractivity contribution < 1.29 is 28.2 Å². The lowest BCUT2D eigenvalue weighted by atomic mass is 9.61. The molecule has 0 aromatic carbocycles. The van der Waals surface area contributed by atoms with Gasteiger partial charge in [-0.05, 0) is 58.9 Å². The van der Waals surface area contributed by atoms with Crippen LogP contribution in [-0.4, -0.2) is 100 Å². The monoisotopic (exact) mass is 624 g/mol. The largest absolute Gasteiger partial charge is 0.471 e. The number of hydrogen-bond acceptors (Lipinski definition) is 11. The number of hydrogen-bond donors (Lipinski definition) is 0. The molecule has 2 spiro atoms. The minimum Gasteiger partial charge on any atom is -0.471 e. The van der Waals surface area contributed by atoms with Crippen LogP contribution in [0.2, 0.25) is 0 Å². The van der Waals surface area contributed by atoms with Gasteiger partial charge in [0, 0.05) is 45.3 Å². The molecule has 3 aromatic rings. The smallest absolute Gasteiger partial charge is 0.330 e. The van der Waals surface area contributed by atoms with Gasteiger partial charge in [-0.2, -0.15) is 4.98 Å². The van der Waals surface area contributed by atoms with Crippen LogP contribution in [0.3, 0.4) is 0 Å². The topological polar surface area (TPSA) is 128 Å². The fraction of sp³-hybridized carbons (Fsp3) is 0.750. The number of likely N-dealkylation sites (tertiary alicyclic amines) is 1. The molecule has 0 bridgehead atoms. The summed E-state index contributed by atoms with van der Waals surface area (Å²) in [5.74, 6) is 0.603. The second-order valence-corrected chi connectivity index (χ2v) is 13.6. The Morgan fingerprint density at radius 1 is 1.04 bits per heavy atom. The van der Waals surface area contributed by atoms with E-state index in [1.54, 1.807) is 23.3 Å². The van der Waals surface area contributed by atoms with E-state index in [4.69, 9.17) is 43.3 Å². The molecule has 8 rings (SSSR count). The van der Waals surface area contributed by atoms with E-state index in [0.717, 1.165) is 75.6 Å². The number of ether oxygens (including phenoxy) is 5. The summed E-state index contributed by atoms with van der Waals surface area (Å²) >= 11 is 0. The van der Waals surface area contributed by atoms with E-state index >= 15 is 0 Å². The molecule has 13 nitrogen and oxygen atoms in total. The van der Waals surface area contributed by atoms with Gasteiger partial charge in [-0.1, -0.05) is 11.6 Å². The highest BCUT2D eigenvalue weighted by molar-refractivity contribution is 5.80. The van der Waals surface area contributed by atoms with Crippen LogP contribution in [0, 0.1) is 0 Å². The van der Waals surface area contributed by atoms with Gasteiger partial charge in [0.25, 0.3) is 0 Å². The summed E-state index contributed by atoms with van der Waals surface area (Å²) in [6.45, 7) is 5.13. The molecule has 5 aliphatic rings. The molecule has 3 aliphatic heterocycles. The van der Waals surface area contributed by atoms with Gasteiger partial charge < -0.3 is 28.2 Å². The minimum atomic E-state index is -0.668. The molecule has 6 heterocycles. The highest BCUT2D eigenvalue weighted by Crippen LogP contribution is 2.57. The van der Waals surface area contributed by atoms with Crippen LogP contribution >= 0.6 is 0 Å². The van der Waals surface area contributed by atoms with Crippen LogP contribution in [0.25, 0.3) is 22.7 Å². The summed E-state index contributed by atoms with van der Waals surface area (Å²) in [5.41, 5.74) is 2.48. The third-order valence-electron chi connectivity index (χ3n) is 11.2. The van der Waals surface area contributed by atoms with Crippen LogP contribution < -0.4 is 10.4 Å². The van der Waals surface area contributed by atoms with Gasteiger partial charge in [0.2, 0.25) is 17.5 Å². The fourth-order valence-corrected chi connectivity index (χ4v) is 8.91. The lowest BCUT2D eigenvalue weighted by molar-refractivity contribution is -0.231. The van der Waals surface area contributed by atoms with Crippen molar-refractivity contribution in [3.05, 3.63) is 21.7 Å². The molecule has 1 saturated carbocycles. The van der Waals surface area contributed by atoms with Crippen molar-refractivity contribution in [2.75, 3.05) is 47.1 Å². The van der Waals surface area contributed by atoms with Gasteiger partial charge >= 0.3 is 5.69 Å². The lowest BCUT2D eigenvalue weighted by Crippen LogP contribution is -2.56. The number of fused-ring (bicyclic) bond motifs is 4. The quantitative estimate of drug-likeness (QED) is 0.401. The Hall–Kier alpha value is -2.84. The van der Waals surface area contributed by atoms with Crippen molar-refractivity contribution in [2.45, 2.75) is 100 Å². The number of likely N-dealkylation sites (N-methyl/N-ethyl adjacent to an activating group) is 1. The Bertz CT molecular complexity index is 1640. The molecule has 0 amide bonds. The zero-order chi connectivity index (χ0) is 30.9. The first kappa shape index (κ1) is 29.6. The predicted molar refractivity (Wildman–Crippen MR) is 162 cm³/mol. The Labute approximate surface area is 262 Å². The van der Waals surface area contributed by atoms with Crippen LogP contribution in [0.15, 0.2) is 9.32 Å². The molecule has 45 heavy (non-hydrogen) atoms. The van der Waals surface area contributed by atoms with Crippen molar-refractivity contribution >= 4 is 11.2 Å². The number of aromatic nitrogens is 5. The Morgan fingerprint density at radius 2 is 1.84 bits per heavy atom. The van der Waals surface area contributed by atoms with Gasteiger partial charge in [-0.25, -0.2) is 9.78 Å². The molecule has 0 unspecified atom stereocenters. The van der Waals surface area contributed by atoms with Crippen molar-refractivity contribution in [1.82, 2.24) is 29.2 Å². The van der Waals surface area contributed by atoms with Crippen LogP contribution in [0.4, 0.5) is 0 Å². The Kier molecular flexibility index (Phi) is 7.32. The van der Waals surface area contributed by atoms with Gasteiger partial charge in [0.05, 0.1) is 43.1 Å². The molecule has 0 N–H and O–H groups in total. The first-order valence-corrected chi connectivity index (χ1v) is 16.6. The van der Waals surface area contributed by atoms with Gasteiger partial charge in [0.1, 0.15) is 6.10 Å². The third-order valence-corrected chi connectivity index (χ3v) is 11.2. The zero-order valence-corrected chi connectivity index (χ0v) is 26.7. The maximum absolute atomic E-state index is 13.7. The van der Waals surface area contributed by atoms with E-state index in [1.807, 2.05) is 0 Å². The van der Waals surface area contributed by atoms with Crippen molar-refractivity contribution in [3.63, 3.8) is 0 Å². The van der Waals surface area contributed by atoms with Gasteiger partial charge in [-0.15, -0.1) is 0 Å². The molecule has 13 heteroatoms. The molecular formula is C32H44N6O7. The van der Waals surface area contributed by atoms with Crippen LogP contribution in [-0.2, 0) is 37.8 Å². The standard InChI is InChI=1S/C32H44N6O7/c1-19(23-16-21(40-4)17-36(23)2)44-29-24-28(38(30(39)37(24)3)20-9-13-41-18-20)33-27(34-29)25-22-8-7-11-31(26(22)35-45-25)10-5-6-12-32(31)42-14-15-43-32/h19-21,23H,5-18H2,1-4H3/t19-,20+,21+,23-,31-/m0/s1. The summed E-state index contributed by atoms with van der Waals surface area (Å²) in [6, 6.07) is 0.000817. The molecule has 3 saturated heterocycles. The molecule has 0 radical (unpaired) electrons. The molecule has 5 atom stereocenters. The SMILES string of the molecule is CO[C@@H]1C[C@@H]([C@H](C)Oc2nc(-c3onc4c3CCC[C@@]43CCCCC34OCCO4)nc3c2n(C)c(=O)n3[C@@H]2CCOC2)N(C)C1. The van der Waals surface area contributed by atoms with Crippen molar-refractivity contribution in [2.24, 2.45) is 7.05 Å². The molecule has 4 fully saturated rings. The second kappa shape index (κ2) is 11.2. The van der Waals surface area contributed by atoms with E-state index in [-0.39, 0.29) is 35.4 Å². The Balaban J connectivity index is 1.26. The van der Waals surface area contributed by atoms with Gasteiger partial charge in [0.15, 0.2) is 17.0 Å². The Morgan fingerprint density at radius 3 is 2.60 bits per heavy atom. The summed E-state index contributed by atoms with van der Waals surface area (Å²) in [7, 11) is 5.59. The summed E-state index contributed by atoms with van der Waals surface area (Å²) in [5, 5.41) is 4.74. The van der Waals surface area contributed by atoms with Gasteiger partial charge in [-0.3, -0.25) is 14.0 Å². The first-order chi connectivity index (χ1) is 21.9. The van der Waals surface area contributed by atoms with E-state index < -0.39 is 5.79 Å². The summed E-state index contributed by atoms with van der Waals surface area (Å²) in [4.78, 5) is 26.1. The number of nitrogens with zero attached hydrogens (tertiary/aromatic N) is 6. The maximum atomic E-state index is 13.7. The van der Waals surface area contributed by atoms with Crippen molar-refractivity contribution in [1.29, 1.82) is 0 Å². The number of imidazole rings is 1. The summed E-state index contributed by atoms with van der Waals surface area (Å²) < 4.78 is 40.4. The zero-order valence-electron chi connectivity index (χ0n) is 26.7. The van der Waals surface area contributed by atoms with E-state index in [2.05, 4.69) is 18.9 Å². The third kappa shape index (κ3) is 4.45. The predicted octanol–water partition coefficient (Wildman–Crippen LogP) is 3.12. The number of rotatable bonds is 6. The fourth-order valence-electron chi connectivity index (χ4n) is 8.91. The van der Waals surface area contributed by atoms with Crippen LogP contribution in [0.5, 0.6) is 5.88 Å². The average molecular weight is 625 g/mol. The summed E-state index contributed by atoms with van der Waals surface area (Å²) in [6.07, 6.45) is 8.15.